The number of ketones is 1. The van der Waals surface area contributed by atoms with Crippen LogP contribution in [0.25, 0.3) is 0 Å². The molecule has 1 heterocycles. The molecule has 0 bridgehead atoms. The Balaban J connectivity index is 1.70. The molecule has 1 N–H and O–H groups in total. The summed E-state index contributed by atoms with van der Waals surface area (Å²) in [4.78, 5) is 29.3. The number of aliphatic imine (C=N–C) groups is 1. The first kappa shape index (κ1) is 25.5. The molecule has 0 spiro atoms. The van der Waals surface area contributed by atoms with Crippen molar-refractivity contribution in [2.45, 2.75) is 52.1 Å². The third-order valence-electron chi connectivity index (χ3n) is 6.56. The molecule has 0 radical (unpaired) electrons. The number of hydrogen-bond donors (Lipinski definition) is 1. The first-order valence-electron chi connectivity index (χ1n) is 11.9. The van der Waals surface area contributed by atoms with E-state index in [1.165, 1.54) is 14.0 Å². The van der Waals surface area contributed by atoms with E-state index in [0.29, 0.717) is 37.0 Å². The van der Waals surface area contributed by atoms with Gasteiger partial charge in [-0.2, -0.15) is 0 Å². The summed E-state index contributed by atoms with van der Waals surface area (Å²) in [6.45, 7) is 4.27. The van der Waals surface area contributed by atoms with Gasteiger partial charge in [0.2, 0.25) is 0 Å². The van der Waals surface area contributed by atoms with Gasteiger partial charge in [-0.1, -0.05) is 43.4 Å². The molecule has 1 aromatic carbocycles. The highest BCUT2D eigenvalue weighted by atomic mass is 16.5. The van der Waals surface area contributed by atoms with Crippen LogP contribution in [0, 0.1) is 17.8 Å². The molecule has 1 aromatic rings. The monoisotopic (exact) mass is 465 g/mol. The minimum atomic E-state index is -0.485. The third kappa shape index (κ3) is 7.44. The molecule has 4 atom stereocenters. The second-order valence-corrected chi connectivity index (χ2v) is 9.16. The average molecular weight is 466 g/mol. The van der Waals surface area contributed by atoms with Crippen molar-refractivity contribution in [2.75, 3.05) is 13.7 Å². The molecular formula is C28H35NO5. The van der Waals surface area contributed by atoms with Crippen LogP contribution in [0.3, 0.4) is 0 Å². The SMILES string of the molecule is COc1cc(CCC(=O)C[C@H](OC(C)=O)[C@@H](CC2=CCN=C2)C[C@H]2C=CC=C[C@H]2C)ccc1O. The van der Waals surface area contributed by atoms with Gasteiger partial charge in [0.05, 0.1) is 13.7 Å². The van der Waals surface area contributed by atoms with Gasteiger partial charge in [0, 0.05) is 31.9 Å². The van der Waals surface area contributed by atoms with E-state index in [9.17, 15) is 14.7 Å². The van der Waals surface area contributed by atoms with Crippen LogP contribution in [0.15, 0.2) is 59.1 Å². The molecule has 34 heavy (non-hydrogen) atoms. The minimum Gasteiger partial charge on any atom is -0.504 e. The van der Waals surface area contributed by atoms with Gasteiger partial charge in [-0.25, -0.2) is 0 Å². The largest absolute Gasteiger partial charge is 0.504 e. The number of esters is 1. The number of hydrogen-bond acceptors (Lipinski definition) is 6. The Bertz CT molecular complexity index is 991. The standard InChI is InChI=1S/C28H35NO5/c1-19-6-4-5-7-23(19)16-24(14-22-12-13-29-18-22)27(34-20(2)30)17-25(31)10-8-21-9-11-26(32)28(15-21)33-3/h4-7,9,11-12,15,18-19,23-24,27,32H,8,10,13-14,16-17H2,1-3H3/t19-,23-,24+,27+/m1/s1. The maximum Gasteiger partial charge on any atom is 0.302 e. The van der Waals surface area contributed by atoms with Crippen LogP contribution in [0.1, 0.15) is 45.1 Å². The van der Waals surface area contributed by atoms with Crippen molar-refractivity contribution in [2.24, 2.45) is 22.7 Å². The summed E-state index contributed by atoms with van der Waals surface area (Å²) in [5.74, 6) is 0.861. The van der Waals surface area contributed by atoms with Gasteiger partial charge >= 0.3 is 5.97 Å². The van der Waals surface area contributed by atoms with Gasteiger partial charge in [0.1, 0.15) is 11.9 Å². The molecule has 2 aliphatic rings. The Kier molecular flexibility index (Phi) is 9.25. The Hall–Kier alpha value is -3.15. The predicted octanol–water partition coefficient (Wildman–Crippen LogP) is 5.01. The number of phenolic OH excluding ortho intramolecular Hbond substituents is 1. The number of Topliss-reactive ketones (excluding diaryl/α,β-unsaturated/α-hetero) is 1. The summed E-state index contributed by atoms with van der Waals surface area (Å²) in [5, 5.41) is 9.78. The van der Waals surface area contributed by atoms with Crippen LogP contribution in [0.2, 0.25) is 0 Å². The van der Waals surface area contributed by atoms with E-state index in [-0.39, 0.29) is 29.8 Å². The van der Waals surface area contributed by atoms with Crippen molar-refractivity contribution in [1.29, 1.82) is 0 Å². The summed E-state index contributed by atoms with van der Waals surface area (Å²) in [6.07, 6.45) is 14.6. The van der Waals surface area contributed by atoms with Crippen LogP contribution in [0.4, 0.5) is 0 Å². The second kappa shape index (κ2) is 12.4. The van der Waals surface area contributed by atoms with Crippen LogP contribution in [-0.4, -0.2) is 42.8 Å². The smallest absolute Gasteiger partial charge is 0.302 e. The van der Waals surface area contributed by atoms with Gasteiger partial charge in [-0.15, -0.1) is 0 Å². The Labute approximate surface area is 202 Å². The molecule has 1 aliphatic carbocycles. The zero-order valence-corrected chi connectivity index (χ0v) is 20.3. The molecular weight excluding hydrogens is 430 g/mol. The summed E-state index contributed by atoms with van der Waals surface area (Å²) in [5.41, 5.74) is 2.04. The highest BCUT2D eigenvalue weighted by Gasteiger charge is 2.31. The minimum absolute atomic E-state index is 0.0148. The predicted molar refractivity (Wildman–Crippen MR) is 133 cm³/mol. The molecule has 3 rings (SSSR count). The average Bonchev–Trinajstić information content (AvgIpc) is 3.32. The van der Waals surface area contributed by atoms with Gasteiger partial charge in [-0.05, 0) is 54.4 Å². The highest BCUT2D eigenvalue weighted by Crippen LogP contribution is 2.33. The van der Waals surface area contributed by atoms with Crippen molar-refractivity contribution in [3.8, 4) is 11.5 Å². The zero-order valence-electron chi connectivity index (χ0n) is 20.3. The molecule has 0 aromatic heterocycles. The number of aryl methyl sites for hydroxylation is 1. The van der Waals surface area contributed by atoms with Crippen LogP contribution >= 0.6 is 0 Å². The Morgan fingerprint density at radius 3 is 2.71 bits per heavy atom. The normalized spacial score (nSPS) is 20.6. The summed E-state index contributed by atoms with van der Waals surface area (Å²) in [6, 6.07) is 5.10. The number of ether oxygens (including phenoxy) is 2. The van der Waals surface area contributed by atoms with E-state index < -0.39 is 6.10 Å². The highest BCUT2D eigenvalue weighted by molar-refractivity contribution is 5.81. The fraction of sp³-hybridized carbons (Fsp3) is 0.464. The zero-order chi connectivity index (χ0) is 24.5. The number of aromatic hydroxyl groups is 1. The number of phenols is 1. The fourth-order valence-electron chi connectivity index (χ4n) is 4.61. The number of rotatable bonds is 12. The van der Waals surface area contributed by atoms with Crippen molar-refractivity contribution >= 4 is 18.0 Å². The number of carbonyl (C=O) groups is 2. The van der Waals surface area contributed by atoms with Gasteiger partial charge < -0.3 is 14.6 Å². The molecule has 1 aliphatic heterocycles. The Morgan fingerprint density at radius 1 is 1.24 bits per heavy atom. The van der Waals surface area contributed by atoms with E-state index in [2.05, 4.69) is 42.3 Å². The van der Waals surface area contributed by atoms with E-state index in [1.54, 1.807) is 18.2 Å². The van der Waals surface area contributed by atoms with Crippen molar-refractivity contribution in [1.82, 2.24) is 0 Å². The van der Waals surface area contributed by atoms with Gasteiger partial charge in [-0.3, -0.25) is 14.6 Å². The molecule has 6 heteroatoms. The van der Waals surface area contributed by atoms with Crippen LogP contribution in [-0.2, 0) is 20.7 Å². The Morgan fingerprint density at radius 2 is 2.03 bits per heavy atom. The molecule has 0 amide bonds. The number of carbonyl (C=O) groups excluding carboxylic acids is 2. The quantitative estimate of drug-likeness (QED) is 0.439. The lowest BCUT2D eigenvalue weighted by Crippen LogP contribution is -2.32. The third-order valence-corrected chi connectivity index (χ3v) is 6.56. The van der Waals surface area contributed by atoms with Gasteiger partial charge in [0.15, 0.2) is 11.5 Å². The van der Waals surface area contributed by atoms with E-state index in [0.717, 1.165) is 24.0 Å². The first-order chi connectivity index (χ1) is 16.4. The molecule has 0 saturated carbocycles. The molecule has 0 fully saturated rings. The second-order valence-electron chi connectivity index (χ2n) is 9.16. The van der Waals surface area contributed by atoms with E-state index in [4.69, 9.17) is 9.47 Å². The summed E-state index contributed by atoms with van der Waals surface area (Å²) >= 11 is 0. The van der Waals surface area contributed by atoms with E-state index >= 15 is 0 Å². The molecule has 6 nitrogen and oxygen atoms in total. The number of allylic oxidation sites excluding steroid dienone is 5. The molecule has 182 valence electrons. The van der Waals surface area contributed by atoms with Crippen LogP contribution in [0.5, 0.6) is 11.5 Å². The number of benzene rings is 1. The van der Waals surface area contributed by atoms with Crippen molar-refractivity contribution in [3.05, 3.63) is 59.7 Å². The summed E-state index contributed by atoms with van der Waals surface area (Å²) in [7, 11) is 1.50. The molecule has 0 saturated heterocycles. The number of nitrogens with zero attached hydrogens (tertiary/aromatic N) is 1. The molecule has 0 unspecified atom stereocenters. The van der Waals surface area contributed by atoms with Gasteiger partial charge in [0.25, 0.3) is 0 Å². The van der Waals surface area contributed by atoms with E-state index in [1.807, 2.05) is 6.21 Å². The first-order valence-corrected chi connectivity index (χ1v) is 11.9. The van der Waals surface area contributed by atoms with Crippen molar-refractivity contribution in [3.63, 3.8) is 0 Å². The lowest BCUT2D eigenvalue weighted by atomic mass is 9.78. The summed E-state index contributed by atoms with van der Waals surface area (Å²) < 4.78 is 10.9. The maximum atomic E-state index is 13.0. The van der Waals surface area contributed by atoms with Crippen molar-refractivity contribution < 1.29 is 24.2 Å². The van der Waals surface area contributed by atoms with Crippen LogP contribution < -0.4 is 4.74 Å². The fourth-order valence-corrected chi connectivity index (χ4v) is 4.61. The maximum absolute atomic E-state index is 13.0. The topological polar surface area (TPSA) is 85.2 Å². The number of methoxy groups -OCH3 is 1. The lowest BCUT2D eigenvalue weighted by Gasteiger charge is -2.31. The lowest BCUT2D eigenvalue weighted by molar-refractivity contribution is -0.151.